The van der Waals surface area contributed by atoms with Crippen LogP contribution in [-0.4, -0.2) is 11.9 Å². The van der Waals surface area contributed by atoms with E-state index in [1.807, 2.05) is 42.5 Å². The first-order chi connectivity index (χ1) is 22.4. The second-order valence-corrected chi connectivity index (χ2v) is 10.7. The molecule has 0 saturated carbocycles. The van der Waals surface area contributed by atoms with Gasteiger partial charge in [0.1, 0.15) is 11.5 Å². The number of anilines is 3. The van der Waals surface area contributed by atoms with E-state index in [0.717, 1.165) is 53.2 Å². The summed E-state index contributed by atoms with van der Waals surface area (Å²) in [7, 11) is 0. The Morgan fingerprint density at radius 1 is 0.543 bits per heavy atom. The standard InChI is InChI=1S/C41H35NO4/c1-4-40(43)45-38-26-16-33(17-27-38)10-8-31-12-22-36(23-13-31)42(35-20-6-30(3)7-21-35)37-24-14-32(15-25-37)9-11-34-18-28-39(29-19-34)46-41(44)5-2/h4-8,10,12-29H,1-2,9,11H2,3H3. The summed E-state index contributed by atoms with van der Waals surface area (Å²) in [5.41, 5.74) is 8.88. The fraction of sp³-hybridized carbons (Fsp3) is 0.0732. The van der Waals surface area contributed by atoms with Crippen molar-refractivity contribution >= 4 is 41.2 Å². The lowest BCUT2D eigenvalue weighted by Crippen LogP contribution is -2.10. The van der Waals surface area contributed by atoms with E-state index in [-0.39, 0.29) is 0 Å². The molecule has 5 heteroatoms. The summed E-state index contributed by atoms with van der Waals surface area (Å²) in [6.45, 7) is 8.94. The zero-order valence-corrected chi connectivity index (χ0v) is 25.8. The van der Waals surface area contributed by atoms with Crippen molar-refractivity contribution in [1.82, 2.24) is 0 Å². The van der Waals surface area contributed by atoms with Crippen LogP contribution in [0.25, 0.3) is 12.2 Å². The number of rotatable bonds is 12. The van der Waals surface area contributed by atoms with Crippen LogP contribution in [-0.2, 0) is 22.4 Å². The van der Waals surface area contributed by atoms with Gasteiger partial charge in [-0.25, -0.2) is 9.59 Å². The van der Waals surface area contributed by atoms with Gasteiger partial charge in [-0.3, -0.25) is 0 Å². The van der Waals surface area contributed by atoms with Crippen molar-refractivity contribution in [2.45, 2.75) is 19.8 Å². The minimum Gasteiger partial charge on any atom is -0.423 e. The number of hydrogen-bond acceptors (Lipinski definition) is 5. The van der Waals surface area contributed by atoms with Gasteiger partial charge in [0.25, 0.3) is 0 Å². The Kier molecular flexibility index (Phi) is 10.4. The molecule has 46 heavy (non-hydrogen) atoms. The van der Waals surface area contributed by atoms with E-state index in [1.54, 1.807) is 12.1 Å². The topological polar surface area (TPSA) is 55.8 Å². The first-order valence-corrected chi connectivity index (χ1v) is 15.0. The number of benzene rings is 5. The average Bonchev–Trinajstić information content (AvgIpc) is 3.09. The minimum absolute atomic E-state index is 0.463. The molecule has 0 unspecified atom stereocenters. The van der Waals surface area contributed by atoms with Gasteiger partial charge in [0.15, 0.2) is 0 Å². The van der Waals surface area contributed by atoms with E-state index in [2.05, 4.69) is 104 Å². The van der Waals surface area contributed by atoms with Gasteiger partial charge in [-0.05, 0) is 103 Å². The monoisotopic (exact) mass is 605 g/mol. The van der Waals surface area contributed by atoms with Gasteiger partial charge in [0.2, 0.25) is 0 Å². The zero-order valence-electron chi connectivity index (χ0n) is 25.8. The molecule has 0 aliphatic rings. The summed E-state index contributed by atoms with van der Waals surface area (Å²) < 4.78 is 10.3. The molecule has 0 bridgehead atoms. The maximum Gasteiger partial charge on any atom is 0.335 e. The molecule has 0 amide bonds. The van der Waals surface area contributed by atoms with Crippen LogP contribution in [0.15, 0.2) is 147 Å². The largest absolute Gasteiger partial charge is 0.423 e. The van der Waals surface area contributed by atoms with Crippen LogP contribution in [0.3, 0.4) is 0 Å². The predicted molar refractivity (Wildman–Crippen MR) is 187 cm³/mol. The lowest BCUT2D eigenvalue weighted by Gasteiger charge is -2.26. The lowest BCUT2D eigenvalue weighted by atomic mass is 10.0. The van der Waals surface area contributed by atoms with Crippen LogP contribution < -0.4 is 14.4 Å². The molecule has 0 spiro atoms. The maximum absolute atomic E-state index is 11.4. The van der Waals surface area contributed by atoms with E-state index in [9.17, 15) is 9.59 Å². The molecular formula is C41H35NO4. The number of nitrogens with zero attached hydrogens (tertiary/aromatic N) is 1. The Hall–Kier alpha value is -5.94. The number of aryl methyl sites for hydroxylation is 3. The summed E-state index contributed by atoms with van der Waals surface area (Å²) in [5, 5.41) is 0. The summed E-state index contributed by atoms with van der Waals surface area (Å²) in [6, 6.07) is 40.6. The second kappa shape index (κ2) is 15.2. The molecular weight excluding hydrogens is 570 g/mol. The Bertz CT molecular complexity index is 1820. The zero-order chi connectivity index (χ0) is 32.3. The highest BCUT2D eigenvalue weighted by molar-refractivity contribution is 5.84. The quantitative estimate of drug-likeness (QED) is 0.0613. The summed E-state index contributed by atoms with van der Waals surface area (Å²) >= 11 is 0. The molecule has 0 radical (unpaired) electrons. The van der Waals surface area contributed by atoms with Crippen molar-refractivity contribution in [3.63, 3.8) is 0 Å². The Morgan fingerprint density at radius 3 is 1.33 bits per heavy atom. The van der Waals surface area contributed by atoms with E-state index >= 15 is 0 Å². The van der Waals surface area contributed by atoms with Crippen molar-refractivity contribution in [3.05, 3.63) is 174 Å². The fourth-order valence-corrected chi connectivity index (χ4v) is 4.86. The number of hydrogen-bond donors (Lipinski definition) is 0. The highest BCUT2D eigenvalue weighted by atomic mass is 16.5. The summed E-state index contributed by atoms with van der Waals surface area (Å²) in [4.78, 5) is 25.1. The fourth-order valence-electron chi connectivity index (χ4n) is 4.86. The molecule has 5 nitrogen and oxygen atoms in total. The molecule has 0 heterocycles. The normalized spacial score (nSPS) is 10.7. The number of carbonyl (C=O) groups excluding carboxylic acids is 2. The molecule has 5 aromatic carbocycles. The van der Waals surface area contributed by atoms with Crippen LogP contribution >= 0.6 is 0 Å². The van der Waals surface area contributed by atoms with Gasteiger partial charge < -0.3 is 14.4 Å². The Balaban J connectivity index is 1.28. The van der Waals surface area contributed by atoms with Crippen molar-refractivity contribution in [1.29, 1.82) is 0 Å². The predicted octanol–water partition coefficient (Wildman–Crippen LogP) is 9.60. The van der Waals surface area contributed by atoms with E-state index in [4.69, 9.17) is 9.47 Å². The molecule has 0 N–H and O–H groups in total. The van der Waals surface area contributed by atoms with Crippen molar-refractivity contribution in [2.24, 2.45) is 0 Å². The minimum atomic E-state index is -0.478. The van der Waals surface area contributed by atoms with Crippen LogP contribution in [0.1, 0.15) is 27.8 Å². The van der Waals surface area contributed by atoms with Gasteiger partial charge in [0.05, 0.1) is 0 Å². The first kappa shape index (κ1) is 31.5. The van der Waals surface area contributed by atoms with Gasteiger partial charge in [-0.2, -0.15) is 0 Å². The molecule has 0 aliphatic heterocycles. The number of carbonyl (C=O) groups is 2. The molecule has 0 atom stereocenters. The van der Waals surface area contributed by atoms with Gasteiger partial charge in [-0.15, -0.1) is 0 Å². The van der Waals surface area contributed by atoms with Gasteiger partial charge in [0, 0.05) is 29.2 Å². The lowest BCUT2D eigenvalue weighted by molar-refractivity contribution is -0.129. The number of esters is 2. The third-order valence-electron chi connectivity index (χ3n) is 7.38. The SMILES string of the molecule is C=CC(=O)Oc1ccc(C=Cc2ccc(N(c3ccc(C)cc3)c3ccc(CCc4ccc(OC(=O)C=C)cc4)cc3)cc2)cc1. The molecule has 0 aliphatic carbocycles. The first-order valence-electron chi connectivity index (χ1n) is 15.0. The second-order valence-electron chi connectivity index (χ2n) is 10.7. The van der Waals surface area contributed by atoms with E-state index in [1.165, 1.54) is 16.7 Å². The number of ether oxygens (including phenoxy) is 2. The third kappa shape index (κ3) is 8.58. The molecule has 0 aromatic heterocycles. The Morgan fingerprint density at radius 2 is 0.891 bits per heavy atom. The molecule has 228 valence electrons. The van der Waals surface area contributed by atoms with Crippen LogP contribution in [0.2, 0.25) is 0 Å². The van der Waals surface area contributed by atoms with Crippen LogP contribution in [0.4, 0.5) is 17.1 Å². The van der Waals surface area contributed by atoms with Crippen LogP contribution in [0.5, 0.6) is 11.5 Å². The van der Waals surface area contributed by atoms with Gasteiger partial charge >= 0.3 is 11.9 Å². The van der Waals surface area contributed by atoms with E-state index < -0.39 is 11.9 Å². The smallest absolute Gasteiger partial charge is 0.335 e. The van der Waals surface area contributed by atoms with Crippen LogP contribution in [0, 0.1) is 6.92 Å². The molecule has 5 aromatic rings. The highest BCUT2D eigenvalue weighted by Crippen LogP contribution is 2.35. The average molecular weight is 606 g/mol. The van der Waals surface area contributed by atoms with Gasteiger partial charge in [-0.1, -0.05) is 91.5 Å². The Labute approximate surface area is 270 Å². The summed E-state index contributed by atoms with van der Waals surface area (Å²) in [5.74, 6) is 0.0525. The third-order valence-corrected chi connectivity index (χ3v) is 7.38. The molecule has 5 rings (SSSR count). The molecule has 0 saturated heterocycles. The van der Waals surface area contributed by atoms with Crippen molar-refractivity contribution < 1.29 is 19.1 Å². The van der Waals surface area contributed by atoms with Crippen molar-refractivity contribution in [3.8, 4) is 11.5 Å². The van der Waals surface area contributed by atoms with Crippen molar-refractivity contribution in [2.75, 3.05) is 4.90 Å². The van der Waals surface area contributed by atoms with E-state index in [0.29, 0.717) is 11.5 Å². The molecule has 0 fully saturated rings. The highest BCUT2D eigenvalue weighted by Gasteiger charge is 2.12. The summed E-state index contributed by atoms with van der Waals surface area (Å²) in [6.07, 6.45) is 8.14. The maximum atomic E-state index is 11.4.